The number of hydrogen-bond donors (Lipinski definition) is 2. The van der Waals surface area contributed by atoms with Crippen LogP contribution in [0.5, 0.6) is 0 Å². The molecule has 2 aromatic heterocycles. The van der Waals surface area contributed by atoms with Gasteiger partial charge in [-0.15, -0.1) is 11.3 Å². The highest BCUT2D eigenvalue weighted by atomic mass is 32.1. The Morgan fingerprint density at radius 3 is 2.89 bits per heavy atom. The lowest BCUT2D eigenvalue weighted by Gasteiger charge is -2.05. The number of rotatable bonds is 5. The van der Waals surface area contributed by atoms with Gasteiger partial charge < -0.3 is 11.1 Å². The van der Waals surface area contributed by atoms with Crippen molar-refractivity contribution in [3.05, 3.63) is 21.8 Å². The van der Waals surface area contributed by atoms with Gasteiger partial charge in [0.1, 0.15) is 10.8 Å². The third-order valence-corrected chi connectivity index (χ3v) is 3.69. The third-order valence-electron chi connectivity index (χ3n) is 2.72. The normalized spacial score (nSPS) is 10.8. The largest absolute Gasteiger partial charge is 0.394 e. The first-order chi connectivity index (χ1) is 8.61. The van der Waals surface area contributed by atoms with E-state index in [2.05, 4.69) is 22.3 Å². The average Bonchev–Trinajstić information content (AvgIpc) is 2.84. The van der Waals surface area contributed by atoms with E-state index < -0.39 is 0 Å². The Labute approximate surface area is 111 Å². The van der Waals surface area contributed by atoms with Gasteiger partial charge in [-0.25, -0.2) is 4.98 Å². The summed E-state index contributed by atoms with van der Waals surface area (Å²) in [5.41, 5.74) is 8.88. The Bertz CT molecular complexity index is 529. The van der Waals surface area contributed by atoms with Crippen LogP contribution in [-0.2, 0) is 20.0 Å². The Balaban J connectivity index is 2.09. The van der Waals surface area contributed by atoms with Crippen molar-refractivity contribution >= 4 is 22.8 Å². The molecule has 0 unspecified atom stereocenters. The summed E-state index contributed by atoms with van der Waals surface area (Å²) in [7, 11) is 1.91. The van der Waals surface area contributed by atoms with Crippen LogP contribution < -0.4 is 11.1 Å². The zero-order chi connectivity index (χ0) is 13.1. The van der Waals surface area contributed by atoms with E-state index in [4.69, 9.17) is 5.73 Å². The smallest absolute Gasteiger partial charge is 0.148 e. The number of thiazole rings is 1. The highest BCUT2D eigenvalue weighted by Crippen LogP contribution is 2.23. The van der Waals surface area contributed by atoms with Crippen LogP contribution in [-0.4, -0.2) is 14.8 Å². The van der Waals surface area contributed by atoms with Crippen LogP contribution in [0.15, 0.2) is 5.38 Å². The van der Waals surface area contributed by atoms with Gasteiger partial charge in [0.2, 0.25) is 0 Å². The number of nitrogens with two attached hydrogens (primary N) is 1. The fraction of sp³-hybridized carbons (Fsp3) is 0.500. The summed E-state index contributed by atoms with van der Waals surface area (Å²) in [4.78, 5) is 4.41. The van der Waals surface area contributed by atoms with Crippen molar-refractivity contribution in [2.75, 3.05) is 11.1 Å². The van der Waals surface area contributed by atoms with Gasteiger partial charge in [0.05, 0.1) is 17.9 Å². The molecule has 0 spiro atoms. The van der Waals surface area contributed by atoms with E-state index in [1.165, 1.54) is 0 Å². The molecule has 0 fully saturated rings. The maximum Gasteiger partial charge on any atom is 0.148 e. The number of nitrogen functional groups attached to an aromatic ring is 1. The second kappa shape index (κ2) is 5.39. The van der Waals surface area contributed by atoms with Gasteiger partial charge >= 0.3 is 0 Å². The molecule has 98 valence electrons. The van der Waals surface area contributed by atoms with Crippen LogP contribution in [0, 0.1) is 6.92 Å². The van der Waals surface area contributed by atoms with Crippen LogP contribution in [0.4, 0.5) is 11.5 Å². The molecule has 6 heteroatoms. The number of hydrogen-bond acceptors (Lipinski definition) is 5. The molecule has 5 nitrogen and oxygen atoms in total. The Kier molecular flexibility index (Phi) is 3.86. The van der Waals surface area contributed by atoms with Crippen molar-refractivity contribution in [1.82, 2.24) is 14.8 Å². The van der Waals surface area contributed by atoms with E-state index in [9.17, 15) is 0 Å². The lowest BCUT2D eigenvalue weighted by molar-refractivity contribution is 0.735. The molecule has 0 bridgehead atoms. The predicted octanol–water partition coefficient (Wildman–Crippen LogP) is 2.33. The van der Waals surface area contributed by atoms with Gasteiger partial charge in [-0.3, -0.25) is 4.68 Å². The molecule has 2 rings (SSSR count). The van der Waals surface area contributed by atoms with Crippen molar-refractivity contribution in [2.45, 2.75) is 33.2 Å². The number of nitrogens with one attached hydrogen (secondary N) is 1. The SMILES string of the molecule is CCCc1nn(C)c(NCc2nc(C)cs2)c1N. The fourth-order valence-electron chi connectivity index (χ4n) is 1.87. The van der Waals surface area contributed by atoms with Gasteiger partial charge in [-0.1, -0.05) is 13.3 Å². The zero-order valence-corrected chi connectivity index (χ0v) is 11.8. The molecule has 0 amide bonds. The van der Waals surface area contributed by atoms with Gasteiger partial charge in [0.25, 0.3) is 0 Å². The fourth-order valence-corrected chi connectivity index (χ4v) is 2.58. The average molecular weight is 265 g/mol. The van der Waals surface area contributed by atoms with E-state index in [-0.39, 0.29) is 0 Å². The van der Waals surface area contributed by atoms with Crippen molar-refractivity contribution in [2.24, 2.45) is 7.05 Å². The van der Waals surface area contributed by atoms with Gasteiger partial charge in [0.15, 0.2) is 0 Å². The number of aromatic nitrogens is 3. The number of anilines is 2. The first-order valence-corrected chi connectivity index (χ1v) is 6.96. The van der Waals surface area contributed by atoms with Crippen LogP contribution in [0.3, 0.4) is 0 Å². The summed E-state index contributed by atoms with van der Waals surface area (Å²) in [6.45, 7) is 4.81. The molecule has 0 aliphatic rings. The molecule has 2 aromatic rings. The lowest BCUT2D eigenvalue weighted by atomic mass is 10.2. The van der Waals surface area contributed by atoms with Crippen molar-refractivity contribution < 1.29 is 0 Å². The summed E-state index contributed by atoms with van der Waals surface area (Å²) in [6, 6.07) is 0. The van der Waals surface area contributed by atoms with E-state index in [0.717, 1.165) is 40.7 Å². The molecule has 18 heavy (non-hydrogen) atoms. The van der Waals surface area contributed by atoms with Crippen molar-refractivity contribution in [3.63, 3.8) is 0 Å². The molecule has 2 heterocycles. The third kappa shape index (κ3) is 2.64. The Morgan fingerprint density at radius 2 is 2.28 bits per heavy atom. The van der Waals surface area contributed by atoms with Crippen LogP contribution in [0.25, 0.3) is 0 Å². The first kappa shape index (κ1) is 12.9. The molecular weight excluding hydrogens is 246 g/mol. The number of nitrogens with zero attached hydrogens (tertiary/aromatic N) is 3. The highest BCUT2D eigenvalue weighted by Gasteiger charge is 2.12. The van der Waals surface area contributed by atoms with E-state index in [1.807, 2.05) is 19.4 Å². The van der Waals surface area contributed by atoms with Crippen molar-refractivity contribution in [3.8, 4) is 0 Å². The predicted molar refractivity (Wildman–Crippen MR) is 75.8 cm³/mol. The molecule has 0 aliphatic heterocycles. The van der Waals surface area contributed by atoms with Gasteiger partial charge in [-0.2, -0.15) is 5.10 Å². The molecule has 3 N–H and O–H groups in total. The summed E-state index contributed by atoms with van der Waals surface area (Å²) in [5.74, 6) is 0.881. The molecule has 0 atom stereocenters. The van der Waals surface area contributed by atoms with Crippen LogP contribution in [0.1, 0.15) is 29.7 Å². The van der Waals surface area contributed by atoms with Crippen LogP contribution in [0.2, 0.25) is 0 Å². The summed E-state index contributed by atoms with van der Waals surface area (Å²) < 4.78 is 1.81. The molecule has 0 aromatic carbocycles. The second-order valence-corrected chi connectivity index (χ2v) is 5.26. The maximum atomic E-state index is 6.10. The van der Waals surface area contributed by atoms with Gasteiger partial charge in [-0.05, 0) is 13.3 Å². The van der Waals surface area contributed by atoms with E-state index >= 15 is 0 Å². The minimum atomic E-state index is 0.688. The van der Waals surface area contributed by atoms with E-state index in [1.54, 1.807) is 16.0 Å². The maximum absolute atomic E-state index is 6.10. The Morgan fingerprint density at radius 1 is 1.50 bits per heavy atom. The molecule has 0 saturated carbocycles. The summed E-state index contributed by atoms with van der Waals surface area (Å²) >= 11 is 1.65. The van der Waals surface area contributed by atoms with E-state index in [0.29, 0.717) is 6.54 Å². The highest BCUT2D eigenvalue weighted by molar-refractivity contribution is 7.09. The Hall–Kier alpha value is -1.56. The minimum Gasteiger partial charge on any atom is -0.394 e. The molecular formula is C12H19N5S. The quantitative estimate of drug-likeness (QED) is 0.870. The summed E-state index contributed by atoms with van der Waals surface area (Å²) in [5, 5.41) is 10.9. The second-order valence-electron chi connectivity index (χ2n) is 4.32. The zero-order valence-electron chi connectivity index (χ0n) is 11.0. The minimum absolute atomic E-state index is 0.688. The first-order valence-electron chi connectivity index (χ1n) is 6.08. The van der Waals surface area contributed by atoms with Gasteiger partial charge in [0, 0.05) is 18.1 Å². The molecule has 0 radical (unpaired) electrons. The molecule has 0 saturated heterocycles. The monoisotopic (exact) mass is 265 g/mol. The lowest BCUT2D eigenvalue weighted by Crippen LogP contribution is -2.06. The van der Waals surface area contributed by atoms with Crippen molar-refractivity contribution in [1.29, 1.82) is 0 Å². The topological polar surface area (TPSA) is 68.8 Å². The summed E-state index contributed by atoms with van der Waals surface area (Å²) in [6.07, 6.45) is 1.96. The van der Waals surface area contributed by atoms with Crippen LogP contribution >= 0.6 is 11.3 Å². The standard InChI is InChI=1S/C12H19N5S/c1-4-5-9-11(13)12(17(3)16-9)14-6-10-15-8(2)7-18-10/h7,14H,4-6,13H2,1-3H3. The molecule has 0 aliphatic carbocycles. The number of aryl methyl sites for hydroxylation is 3.